The Kier molecular flexibility index (Phi) is 10.0. The topological polar surface area (TPSA) is 78.4 Å². The third kappa shape index (κ3) is 7.50. The van der Waals surface area contributed by atoms with E-state index in [-0.39, 0.29) is 5.91 Å². The molecule has 1 amide bonds. The van der Waals surface area contributed by atoms with Crippen molar-refractivity contribution in [3.05, 3.63) is 79.9 Å². The van der Waals surface area contributed by atoms with Crippen LogP contribution < -0.4 is 24.4 Å². The summed E-state index contributed by atoms with van der Waals surface area (Å²) in [5, 5.41) is 4.77. The number of ether oxygens (including phenoxy) is 4. The van der Waals surface area contributed by atoms with Crippen LogP contribution in [-0.4, -0.2) is 32.4 Å². The minimum atomic E-state index is -0.370. The van der Waals surface area contributed by atoms with Gasteiger partial charge in [-0.1, -0.05) is 23.7 Å². The van der Waals surface area contributed by atoms with Crippen molar-refractivity contribution in [2.45, 2.75) is 20.5 Å². The van der Waals surface area contributed by atoms with Gasteiger partial charge in [0.15, 0.2) is 23.0 Å². The van der Waals surface area contributed by atoms with E-state index in [1.54, 1.807) is 24.4 Å². The van der Waals surface area contributed by atoms with Gasteiger partial charge in [-0.05, 0) is 90.0 Å². The normalized spacial score (nSPS) is 10.8. The molecule has 3 aromatic carbocycles. The maximum Gasteiger partial charge on any atom is 0.271 e. The minimum Gasteiger partial charge on any atom is -0.493 e. The molecule has 0 unspecified atom stereocenters. The SMILES string of the molecule is CCOc1ccc(C(=O)N/N=C/c2cc(I)c(OCc3ccc(Cl)cc3)c(OCC)c2)cc1OC. The van der Waals surface area contributed by atoms with Gasteiger partial charge in [-0.15, -0.1) is 0 Å². The van der Waals surface area contributed by atoms with E-state index in [2.05, 4.69) is 33.1 Å². The number of hydrogen-bond acceptors (Lipinski definition) is 6. The van der Waals surface area contributed by atoms with Crippen LogP contribution >= 0.6 is 34.2 Å². The van der Waals surface area contributed by atoms with Crippen molar-refractivity contribution in [1.82, 2.24) is 5.43 Å². The Morgan fingerprint density at radius 1 is 0.971 bits per heavy atom. The van der Waals surface area contributed by atoms with Crippen LogP contribution in [-0.2, 0) is 6.61 Å². The fourth-order valence-corrected chi connectivity index (χ4v) is 4.02. The molecular formula is C26H26ClIN2O5. The van der Waals surface area contributed by atoms with E-state index >= 15 is 0 Å². The van der Waals surface area contributed by atoms with Crippen LogP contribution in [0.5, 0.6) is 23.0 Å². The van der Waals surface area contributed by atoms with Gasteiger partial charge in [-0.3, -0.25) is 4.79 Å². The Bertz CT molecular complexity index is 1190. The molecule has 0 radical (unpaired) electrons. The number of methoxy groups -OCH3 is 1. The lowest BCUT2D eigenvalue weighted by molar-refractivity contribution is 0.0954. The van der Waals surface area contributed by atoms with Crippen LogP contribution in [0.2, 0.25) is 5.02 Å². The van der Waals surface area contributed by atoms with Crippen molar-refractivity contribution >= 4 is 46.3 Å². The molecule has 0 fully saturated rings. The van der Waals surface area contributed by atoms with E-state index in [0.29, 0.717) is 53.4 Å². The van der Waals surface area contributed by atoms with Gasteiger partial charge < -0.3 is 18.9 Å². The summed E-state index contributed by atoms with van der Waals surface area (Å²) in [5.74, 6) is 1.92. The molecule has 0 saturated heterocycles. The summed E-state index contributed by atoms with van der Waals surface area (Å²) < 4.78 is 23.5. The summed E-state index contributed by atoms with van der Waals surface area (Å²) in [7, 11) is 1.53. The summed E-state index contributed by atoms with van der Waals surface area (Å²) in [6, 6.07) is 16.2. The van der Waals surface area contributed by atoms with Crippen molar-refractivity contribution in [3.8, 4) is 23.0 Å². The van der Waals surface area contributed by atoms with Gasteiger partial charge in [0.05, 0.1) is 30.1 Å². The molecule has 184 valence electrons. The van der Waals surface area contributed by atoms with E-state index in [1.807, 2.05) is 50.2 Å². The lowest BCUT2D eigenvalue weighted by Crippen LogP contribution is -2.17. The monoisotopic (exact) mass is 608 g/mol. The Balaban J connectivity index is 1.70. The Morgan fingerprint density at radius 2 is 1.69 bits per heavy atom. The second-order valence-corrected chi connectivity index (χ2v) is 8.77. The zero-order valence-corrected chi connectivity index (χ0v) is 22.6. The number of carbonyl (C=O) groups excluding carboxylic acids is 1. The van der Waals surface area contributed by atoms with Gasteiger partial charge in [0, 0.05) is 10.6 Å². The predicted molar refractivity (Wildman–Crippen MR) is 145 cm³/mol. The first-order valence-electron chi connectivity index (χ1n) is 10.9. The Hall–Kier alpha value is -2.98. The molecule has 7 nitrogen and oxygen atoms in total. The predicted octanol–water partition coefficient (Wildman–Crippen LogP) is 6.09. The molecule has 0 heterocycles. The highest BCUT2D eigenvalue weighted by Gasteiger charge is 2.13. The molecule has 9 heteroatoms. The fourth-order valence-electron chi connectivity index (χ4n) is 3.12. The van der Waals surface area contributed by atoms with Gasteiger partial charge in [-0.2, -0.15) is 5.10 Å². The molecule has 0 atom stereocenters. The third-order valence-electron chi connectivity index (χ3n) is 4.73. The minimum absolute atomic E-state index is 0.370. The van der Waals surface area contributed by atoms with E-state index in [1.165, 1.54) is 7.11 Å². The summed E-state index contributed by atoms with van der Waals surface area (Å²) in [6.45, 7) is 5.14. The van der Waals surface area contributed by atoms with Crippen LogP contribution in [0.4, 0.5) is 0 Å². The number of nitrogens with one attached hydrogen (secondary N) is 1. The molecular weight excluding hydrogens is 583 g/mol. The quantitative estimate of drug-likeness (QED) is 0.162. The van der Waals surface area contributed by atoms with Crippen molar-refractivity contribution in [2.24, 2.45) is 5.10 Å². The molecule has 35 heavy (non-hydrogen) atoms. The van der Waals surface area contributed by atoms with Crippen molar-refractivity contribution in [1.29, 1.82) is 0 Å². The van der Waals surface area contributed by atoms with Crippen molar-refractivity contribution in [3.63, 3.8) is 0 Å². The fraction of sp³-hybridized carbons (Fsp3) is 0.231. The average Bonchev–Trinajstić information content (AvgIpc) is 2.85. The van der Waals surface area contributed by atoms with Crippen molar-refractivity contribution in [2.75, 3.05) is 20.3 Å². The van der Waals surface area contributed by atoms with Crippen LogP contribution in [0.3, 0.4) is 0 Å². The number of benzene rings is 3. The summed E-state index contributed by atoms with van der Waals surface area (Å²) in [5.41, 5.74) is 4.68. The largest absolute Gasteiger partial charge is 0.493 e. The number of rotatable bonds is 11. The lowest BCUT2D eigenvalue weighted by atomic mass is 10.2. The number of hydrazone groups is 1. The molecule has 1 N–H and O–H groups in total. The summed E-state index contributed by atoms with van der Waals surface area (Å²) in [4.78, 5) is 12.5. The highest BCUT2D eigenvalue weighted by Crippen LogP contribution is 2.34. The zero-order chi connectivity index (χ0) is 25.2. The third-order valence-corrected chi connectivity index (χ3v) is 5.79. The number of halogens is 2. The molecule has 0 aromatic heterocycles. The van der Waals surface area contributed by atoms with Gasteiger partial charge in [0.25, 0.3) is 5.91 Å². The molecule has 0 spiro atoms. The highest BCUT2D eigenvalue weighted by molar-refractivity contribution is 14.1. The molecule has 0 saturated carbocycles. The highest BCUT2D eigenvalue weighted by atomic mass is 127. The smallest absolute Gasteiger partial charge is 0.271 e. The zero-order valence-electron chi connectivity index (χ0n) is 19.6. The molecule has 0 bridgehead atoms. The number of hydrogen-bond donors (Lipinski definition) is 1. The molecule has 0 aliphatic carbocycles. The van der Waals surface area contributed by atoms with Gasteiger partial charge in [0.2, 0.25) is 0 Å². The summed E-state index contributed by atoms with van der Waals surface area (Å²) >= 11 is 8.14. The molecule has 3 aromatic rings. The standard InChI is InChI=1S/C26H26ClIN2O5/c1-4-33-22-11-8-19(14-23(22)32-3)26(31)30-29-15-18-12-21(28)25(24(13-18)34-5-2)35-16-17-6-9-20(27)10-7-17/h6-15H,4-5,16H2,1-3H3,(H,30,31)/b29-15+. The second kappa shape index (κ2) is 13.2. The van der Waals surface area contributed by atoms with E-state index in [9.17, 15) is 4.79 Å². The first kappa shape index (κ1) is 26.6. The number of amides is 1. The van der Waals surface area contributed by atoms with Gasteiger partial charge >= 0.3 is 0 Å². The summed E-state index contributed by atoms with van der Waals surface area (Å²) in [6.07, 6.45) is 1.55. The number of nitrogens with zero attached hydrogens (tertiary/aromatic N) is 1. The maximum atomic E-state index is 12.5. The maximum absolute atomic E-state index is 12.5. The van der Waals surface area contributed by atoms with Gasteiger partial charge in [-0.25, -0.2) is 5.43 Å². The van der Waals surface area contributed by atoms with E-state index in [0.717, 1.165) is 14.7 Å². The van der Waals surface area contributed by atoms with E-state index in [4.69, 9.17) is 30.5 Å². The lowest BCUT2D eigenvalue weighted by Gasteiger charge is -2.15. The van der Waals surface area contributed by atoms with Crippen LogP contribution in [0.25, 0.3) is 0 Å². The Morgan fingerprint density at radius 3 is 2.37 bits per heavy atom. The second-order valence-electron chi connectivity index (χ2n) is 7.18. The van der Waals surface area contributed by atoms with Gasteiger partial charge in [0.1, 0.15) is 6.61 Å². The molecule has 0 aliphatic heterocycles. The van der Waals surface area contributed by atoms with Crippen LogP contribution in [0.1, 0.15) is 35.3 Å². The average molecular weight is 609 g/mol. The van der Waals surface area contributed by atoms with E-state index < -0.39 is 0 Å². The van der Waals surface area contributed by atoms with Crippen LogP contribution in [0, 0.1) is 3.57 Å². The first-order chi connectivity index (χ1) is 16.9. The first-order valence-corrected chi connectivity index (χ1v) is 12.4. The number of carbonyl (C=O) groups is 1. The van der Waals surface area contributed by atoms with Crippen molar-refractivity contribution < 1.29 is 23.7 Å². The van der Waals surface area contributed by atoms with Crippen LogP contribution in [0.15, 0.2) is 59.7 Å². The Labute approximate surface area is 223 Å². The molecule has 3 rings (SSSR count). The molecule has 0 aliphatic rings.